The van der Waals surface area contributed by atoms with Crippen LogP contribution >= 0.6 is 22.9 Å². The van der Waals surface area contributed by atoms with Crippen LogP contribution in [0.4, 0.5) is 0 Å². The largest absolute Gasteiger partial charge is 0.309 e. The summed E-state index contributed by atoms with van der Waals surface area (Å²) in [5, 5.41) is 3.66. The monoisotopic (exact) mass is 293 g/mol. The van der Waals surface area contributed by atoms with Crippen LogP contribution in [0.3, 0.4) is 0 Å². The van der Waals surface area contributed by atoms with Crippen molar-refractivity contribution in [2.24, 2.45) is 5.92 Å². The van der Waals surface area contributed by atoms with E-state index in [0.29, 0.717) is 12.0 Å². The molecule has 0 saturated carbocycles. The zero-order valence-electron chi connectivity index (χ0n) is 11.4. The highest BCUT2D eigenvalue weighted by molar-refractivity contribution is 7.16. The summed E-state index contributed by atoms with van der Waals surface area (Å²) in [4.78, 5) is 1.34. The molecule has 0 aliphatic carbocycles. The first-order valence-corrected chi connectivity index (χ1v) is 7.89. The quantitative estimate of drug-likeness (QED) is 0.796. The third-order valence-corrected chi connectivity index (χ3v) is 4.48. The van der Waals surface area contributed by atoms with Gasteiger partial charge in [-0.3, -0.25) is 0 Å². The van der Waals surface area contributed by atoms with Crippen molar-refractivity contribution in [3.05, 3.63) is 57.2 Å². The van der Waals surface area contributed by atoms with Crippen LogP contribution < -0.4 is 5.32 Å². The second-order valence-corrected chi connectivity index (χ2v) is 6.84. The minimum absolute atomic E-state index is 0.414. The fourth-order valence-corrected chi connectivity index (χ4v) is 3.32. The summed E-state index contributed by atoms with van der Waals surface area (Å²) in [6, 6.07) is 15.2. The zero-order chi connectivity index (χ0) is 13.7. The standard InChI is InChI=1S/C16H20ClNS/c1-12(2)16(13-6-4-3-5-7-13)18-11-10-14-8-9-15(17)19-14/h3-9,12,16,18H,10-11H2,1-2H3. The van der Waals surface area contributed by atoms with Crippen LogP contribution in [0.25, 0.3) is 0 Å². The lowest BCUT2D eigenvalue weighted by atomic mass is 9.96. The van der Waals surface area contributed by atoms with Crippen molar-refractivity contribution in [1.82, 2.24) is 5.32 Å². The van der Waals surface area contributed by atoms with Gasteiger partial charge in [-0.2, -0.15) is 0 Å². The Bertz CT molecular complexity index is 492. The average Bonchev–Trinajstić information content (AvgIpc) is 2.81. The third kappa shape index (κ3) is 4.34. The Morgan fingerprint density at radius 1 is 1.11 bits per heavy atom. The molecule has 1 atom stereocenters. The highest BCUT2D eigenvalue weighted by Gasteiger charge is 2.14. The summed E-state index contributed by atoms with van der Waals surface area (Å²) in [6.07, 6.45) is 1.04. The summed E-state index contributed by atoms with van der Waals surface area (Å²) in [7, 11) is 0. The van der Waals surface area contributed by atoms with E-state index in [0.717, 1.165) is 17.3 Å². The molecule has 0 bridgehead atoms. The molecule has 1 unspecified atom stereocenters. The van der Waals surface area contributed by atoms with E-state index in [2.05, 4.69) is 55.6 Å². The molecule has 0 spiro atoms. The van der Waals surface area contributed by atoms with E-state index < -0.39 is 0 Å². The summed E-state index contributed by atoms with van der Waals surface area (Å²) in [6.45, 7) is 5.49. The molecule has 0 aliphatic rings. The Hall–Kier alpha value is -0.830. The van der Waals surface area contributed by atoms with Gasteiger partial charge in [0.25, 0.3) is 0 Å². The molecule has 1 aromatic heterocycles. The van der Waals surface area contributed by atoms with Crippen LogP contribution in [0.15, 0.2) is 42.5 Å². The predicted molar refractivity (Wildman–Crippen MR) is 85.1 cm³/mol. The molecule has 0 fully saturated rings. The van der Waals surface area contributed by atoms with Crippen molar-refractivity contribution in [3.8, 4) is 0 Å². The van der Waals surface area contributed by atoms with Gasteiger partial charge in [0.05, 0.1) is 4.34 Å². The van der Waals surface area contributed by atoms with Crippen molar-refractivity contribution in [1.29, 1.82) is 0 Å². The van der Waals surface area contributed by atoms with E-state index >= 15 is 0 Å². The molecule has 1 heterocycles. The SMILES string of the molecule is CC(C)C(NCCc1ccc(Cl)s1)c1ccccc1. The number of benzene rings is 1. The van der Waals surface area contributed by atoms with Crippen LogP contribution in [0.2, 0.25) is 4.34 Å². The third-order valence-electron chi connectivity index (χ3n) is 3.19. The van der Waals surface area contributed by atoms with Gasteiger partial charge in [-0.25, -0.2) is 0 Å². The highest BCUT2D eigenvalue weighted by Crippen LogP contribution is 2.23. The molecule has 19 heavy (non-hydrogen) atoms. The van der Waals surface area contributed by atoms with Gasteiger partial charge in [0, 0.05) is 17.5 Å². The van der Waals surface area contributed by atoms with Crippen LogP contribution in [-0.2, 0) is 6.42 Å². The van der Waals surface area contributed by atoms with Crippen molar-refractivity contribution >= 4 is 22.9 Å². The second-order valence-electron chi connectivity index (χ2n) is 5.04. The molecule has 102 valence electrons. The Morgan fingerprint density at radius 3 is 2.42 bits per heavy atom. The highest BCUT2D eigenvalue weighted by atomic mass is 35.5. The molecule has 3 heteroatoms. The van der Waals surface area contributed by atoms with Crippen molar-refractivity contribution in [2.45, 2.75) is 26.3 Å². The first-order valence-electron chi connectivity index (χ1n) is 6.69. The van der Waals surface area contributed by atoms with Gasteiger partial charge < -0.3 is 5.32 Å². The van der Waals surface area contributed by atoms with E-state index in [9.17, 15) is 0 Å². The Balaban J connectivity index is 1.91. The van der Waals surface area contributed by atoms with Crippen LogP contribution in [0, 0.1) is 5.92 Å². The zero-order valence-corrected chi connectivity index (χ0v) is 13.0. The molecule has 1 aromatic carbocycles. The second kappa shape index (κ2) is 7.09. The van der Waals surface area contributed by atoms with Crippen LogP contribution in [0.5, 0.6) is 0 Å². The van der Waals surface area contributed by atoms with Crippen molar-refractivity contribution in [3.63, 3.8) is 0 Å². The van der Waals surface area contributed by atoms with Gasteiger partial charge in [-0.1, -0.05) is 55.8 Å². The van der Waals surface area contributed by atoms with Gasteiger partial charge in [0.2, 0.25) is 0 Å². The van der Waals surface area contributed by atoms with Gasteiger partial charge in [0.15, 0.2) is 0 Å². The maximum Gasteiger partial charge on any atom is 0.0931 e. The minimum Gasteiger partial charge on any atom is -0.309 e. The number of hydrogen-bond donors (Lipinski definition) is 1. The van der Waals surface area contributed by atoms with Crippen LogP contribution in [-0.4, -0.2) is 6.54 Å². The Kier molecular flexibility index (Phi) is 5.44. The maximum absolute atomic E-state index is 5.95. The Labute approximate surface area is 124 Å². The first-order chi connectivity index (χ1) is 9.16. The van der Waals surface area contributed by atoms with E-state index in [1.807, 2.05) is 6.07 Å². The number of thiophene rings is 1. The molecule has 2 rings (SSSR count). The van der Waals surface area contributed by atoms with Crippen LogP contribution in [0.1, 0.15) is 30.3 Å². The lowest BCUT2D eigenvalue weighted by molar-refractivity contribution is 0.415. The van der Waals surface area contributed by atoms with E-state index in [4.69, 9.17) is 11.6 Å². The van der Waals surface area contributed by atoms with Crippen molar-refractivity contribution in [2.75, 3.05) is 6.54 Å². The van der Waals surface area contributed by atoms with Gasteiger partial charge >= 0.3 is 0 Å². The van der Waals surface area contributed by atoms with E-state index in [1.54, 1.807) is 11.3 Å². The van der Waals surface area contributed by atoms with Gasteiger partial charge in [0.1, 0.15) is 0 Å². The molecule has 1 N–H and O–H groups in total. The number of rotatable bonds is 6. The molecule has 0 radical (unpaired) electrons. The fraction of sp³-hybridized carbons (Fsp3) is 0.375. The summed E-state index contributed by atoms with van der Waals surface area (Å²) in [5.74, 6) is 0.578. The van der Waals surface area contributed by atoms with Crippen molar-refractivity contribution < 1.29 is 0 Å². The first kappa shape index (κ1) is 14.6. The summed E-state index contributed by atoms with van der Waals surface area (Å²) in [5.41, 5.74) is 1.36. The molecule has 0 amide bonds. The van der Waals surface area contributed by atoms with Gasteiger partial charge in [-0.15, -0.1) is 11.3 Å². The molecule has 0 aliphatic heterocycles. The number of nitrogens with one attached hydrogen (secondary N) is 1. The minimum atomic E-state index is 0.414. The number of hydrogen-bond acceptors (Lipinski definition) is 2. The molecule has 0 saturated heterocycles. The van der Waals surface area contributed by atoms with E-state index in [1.165, 1.54) is 10.4 Å². The van der Waals surface area contributed by atoms with E-state index in [-0.39, 0.29) is 0 Å². The molecule has 1 nitrogen and oxygen atoms in total. The summed E-state index contributed by atoms with van der Waals surface area (Å²) >= 11 is 7.62. The fourth-order valence-electron chi connectivity index (χ4n) is 2.24. The molecular formula is C16H20ClNS. The Morgan fingerprint density at radius 2 is 1.84 bits per heavy atom. The lowest BCUT2D eigenvalue weighted by Crippen LogP contribution is -2.27. The lowest BCUT2D eigenvalue weighted by Gasteiger charge is -2.23. The van der Waals surface area contributed by atoms with Gasteiger partial charge in [-0.05, 0) is 30.0 Å². The smallest absolute Gasteiger partial charge is 0.0931 e. The number of halogens is 1. The topological polar surface area (TPSA) is 12.0 Å². The predicted octanol–water partition coefficient (Wildman–Crippen LogP) is 4.93. The maximum atomic E-state index is 5.95. The molecule has 2 aromatic rings. The average molecular weight is 294 g/mol. The molecular weight excluding hydrogens is 274 g/mol. The normalized spacial score (nSPS) is 12.8. The summed E-state index contributed by atoms with van der Waals surface area (Å²) < 4.78 is 0.874.